The van der Waals surface area contributed by atoms with Gasteiger partial charge in [-0.05, 0) is 59.1 Å². The summed E-state index contributed by atoms with van der Waals surface area (Å²) in [6.07, 6.45) is 1.54. The van der Waals surface area contributed by atoms with E-state index in [1.54, 1.807) is 17.5 Å². The summed E-state index contributed by atoms with van der Waals surface area (Å²) < 4.78 is 5.58. The number of phenols is 1. The molecule has 0 spiro atoms. The largest absolute Gasteiger partial charge is 0.507 e. The highest BCUT2D eigenvalue weighted by atomic mass is 79.9. The fourth-order valence-corrected chi connectivity index (χ4v) is 4.85. The maximum atomic E-state index is 13.2. The number of aromatic nitrogens is 1. The minimum Gasteiger partial charge on any atom is -0.507 e. The van der Waals surface area contributed by atoms with Crippen molar-refractivity contribution in [3.63, 3.8) is 0 Å². The SMILES string of the molecule is COc1cc([C@H]2C(=C(O)c3cc(C)ccc3C)C(=O)C(=O)N2c2nccs2)cc(Br)c1O. The fourth-order valence-electron chi connectivity index (χ4n) is 3.72. The predicted octanol–water partition coefficient (Wildman–Crippen LogP) is 4.86. The molecule has 2 aromatic carbocycles. The molecule has 7 nitrogen and oxygen atoms in total. The summed E-state index contributed by atoms with van der Waals surface area (Å²) in [5.41, 5.74) is 2.54. The molecule has 0 bridgehead atoms. The summed E-state index contributed by atoms with van der Waals surface area (Å²) in [5.74, 6) is -1.83. The van der Waals surface area contributed by atoms with Gasteiger partial charge in [0.1, 0.15) is 5.76 Å². The Bertz CT molecular complexity index is 1270. The third kappa shape index (κ3) is 3.57. The highest BCUT2D eigenvalue weighted by molar-refractivity contribution is 9.10. The number of thiazole rings is 1. The average Bonchev–Trinajstić information content (AvgIpc) is 3.38. The van der Waals surface area contributed by atoms with E-state index in [9.17, 15) is 19.8 Å². The molecule has 0 radical (unpaired) electrons. The minimum atomic E-state index is -0.966. The number of halogens is 1. The van der Waals surface area contributed by atoms with Gasteiger partial charge in [-0.25, -0.2) is 4.98 Å². The summed E-state index contributed by atoms with van der Waals surface area (Å²) in [7, 11) is 1.40. The van der Waals surface area contributed by atoms with Crippen LogP contribution >= 0.6 is 27.3 Å². The number of nitrogens with zero attached hydrogens (tertiary/aromatic N) is 2. The van der Waals surface area contributed by atoms with E-state index in [2.05, 4.69) is 20.9 Å². The summed E-state index contributed by atoms with van der Waals surface area (Å²) in [6, 6.07) is 7.67. The lowest BCUT2D eigenvalue weighted by Gasteiger charge is -2.24. The molecule has 32 heavy (non-hydrogen) atoms. The van der Waals surface area contributed by atoms with Gasteiger partial charge in [0.05, 0.1) is 23.2 Å². The van der Waals surface area contributed by atoms with Gasteiger partial charge in [-0.2, -0.15) is 0 Å². The third-order valence-electron chi connectivity index (χ3n) is 5.30. The number of hydrogen-bond acceptors (Lipinski definition) is 7. The standard InChI is InChI=1S/C23H19BrN2O5S/c1-11-4-5-12(2)14(8-11)19(27)17-18(13-9-15(24)20(28)16(10-13)31-3)26(22(30)21(17)29)23-25-6-7-32-23/h4-10,18,27-28H,1-3H3/t18-/m0/s1. The molecule has 1 fully saturated rings. The van der Waals surface area contributed by atoms with Crippen LogP contribution in [0.1, 0.15) is 28.3 Å². The molecule has 1 aliphatic heterocycles. The Kier molecular flexibility index (Phi) is 5.79. The van der Waals surface area contributed by atoms with Crippen LogP contribution in [-0.4, -0.2) is 34.0 Å². The van der Waals surface area contributed by atoms with E-state index >= 15 is 0 Å². The summed E-state index contributed by atoms with van der Waals surface area (Å²) >= 11 is 4.50. The summed E-state index contributed by atoms with van der Waals surface area (Å²) in [5, 5.41) is 23.5. The Morgan fingerprint density at radius 1 is 1.22 bits per heavy atom. The number of aryl methyl sites for hydroxylation is 2. The molecular formula is C23H19BrN2O5S. The molecule has 3 aromatic rings. The first-order valence-corrected chi connectivity index (χ1v) is 11.3. The van der Waals surface area contributed by atoms with Crippen LogP contribution in [0.4, 0.5) is 5.13 Å². The van der Waals surface area contributed by atoms with E-state index in [1.807, 2.05) is 26.0 Å². The first-order chi connectivity index (χ1) is 15.2. The van der Waals surface area contributed by atoms with E-state index in [0.717, 1.165) is 11.1 Å². The van der Waals surface area contributed by atoms with Crippen LogP contribution in [0, 0.1) is 13.8 Å². The van der Waals surface area contributed by atoms with Gasteiger partial charge in [0.25, 0.3) is 5.78 Å². The van der Waals surface area contributed by atoms with Crippen LogP contribution in [0.15, 0.2) is 52.0 Å². The molecule has 1 amide bonds. The molecule has 0 aliphatic carbocycles. The van der Waals surface area contributed by atoms with E-state index in [4.69, 9.17) is 4.74 Å². The van der Waals surface area contributed by atoms with Gasteiger partial charge in [-0.1, -0.05) is 17.7 Å². The number of ether oxygens (including phenoxy) is 1. The van der Waals surface area contributed by atoms with Crippen molar-refractivity contribution in [2.45, 2.75) is 19.9 Å². The maximum Gasteiger partial charge on any atom is 0.301 e. The molecule has 1 atom stereocenters. The second-order valence-corrected chi connectivity index (χ2v) is 9.08. The Hall–Kier alpha value is -3.17. The zero-order valence-corrected chi connectivity index (χ0v) is 19.8. The molecule has 1 aliphatic rings. The number of anilines is 1. The number of methoxy groups -OCH3 is 1. The van der Waals surface area contributed by atoms with Crippen LogP contribution in [0.2, 0.25) is 0 Å². The highest BCUT2D eigenvalue weighted by Gasteiger charge is 2.48. The van der Waals surface area contributed by atoms with Gasteiger partial charge >= 0.3 is 5.91 Å². The van der Waals surface area contributed by atoms with Crippen molar-refractivity contribution in [1.82, 2.24) is 4.98 Å². The number of carbonyl (C=O) groups is 2. The minimum absolute atomic E-state index is 0.0569. The van der Waals surface area contributed by atoms with Gasteiger partial charge in [0.2, 0.25) is 0 Å². The van der Waals surface area contributed by atoms with Crippen molar-refractivity contribution in [3.05, 3.63) is 74.2 Å². The van der Waals surface area contributed by atoms with Gasteiger partial charge in [-0.3, -0.25) is 14.5 Å². The van der Waals surface area contributed by atoms with Crippen LogP contribution in [0.3, 0.4) is 0 Å². The molecule has 0 unspecified atom stereocenters. The number of Topliss-reactive ketones (excluding diaryl/α,β-unsaturated/α-hetero) is 1. The van der Waals surface area contributed by atoms with Crippen molar-refractivity contribution in [3.8, 4) is 11.5 Å². The number of aliphatic hydroxyl groups excluding tert-OH is 1. The molecular weight excluding hydrogens is 496 g/mol. The van der Waals surface area contributed by atoms with Crippen LogP contribution in [0.5, 0.6) is 11.5 Å². The predicted molar refractivity (Wildman–Crippen MR) is 125 cm³/mol. The Morgan fingerprint density at radius 2 is 1.97 bits per heavy atom. The van der Waals surface area contributed by atoms with Gasteiger partial charge in [0, 0.05) is 17.1 Å². The van der Waals surface area contributed by atoms with Crippen molar-refractivity contribution in [2.75, 3.05) is 12.0 Å². The number of amides is 1. The summed E-state index contributed by atoms with van der Waals surface area (Å²) in [4.78, 5) is 31.8. The molecule has 4 rings (SSSR count). The fraction of sp³-hybridized carbons (Fsp3) is 0.174. The number of hydrogen-bond donors (Lipinski definition) is 2. The third-order valence-corrected chi connectivity index (χ3v) is 6.68. The van der Waals surface area contributed by atoms with Crippen LogP contribution in [-0.2, 0) is 9.59 Å². The van der Waals surface area contributed by atoms with Crippen LogP contribution < -0.4 is 9.64 Å². The second-order valence-electron chi connectivity index (χ2n) is 7.36. The number of carbonyl (C=O) groups excluding carboxylic acids is 2. The lowest BCUT2D eigenvalue weighted by molar-refractivity contribution is -0.132. The number of rotatable bonds is 4. The first kappa shape index (κ1) is 22.0. The molecule has 2 heterocycles. The second kappa shape index (κ2) is 8.40. The molecule has 1 saturated heterocycles. The quantitative estimate of drug-likeness (QED) is 0.293. The number of aromatic hydroxyl groups is 1. The van der Waals surface area contributed by atoms with Gasteiger partial charge in [0.15, 0.2) is 16.6 Å². The van der Waals surface area contributed by atoms with Crippen molar-refractivity contribution < 1.29 is 24.5 Å². The van der Waals surface area contributed by atoms with E-state index in [0.29, 0.717) is 20.7 Å². The zero-order chi connectivity index (χ0) is 23.2. The number of aliphatic hydroxyl groups is 1. The average molecular weight is 515 g/mol. The van der Waals surface area contributed by atoms with E-state index in [-0.39, 0.29) is 22.8 Å². The maximum absolute atomic E-state index is 13.2. The number of benzene rings is 2. The van der Waals surface area contributed by atoms with E-state index in [1.165, 1.54) is 35.6 Å². The number of ketones is 1. The molecule has 0 saturated carbocycles. The van der Waals surface area contributed by atoms with Gasteiger partial charge < -0.3 is 14.9 Å². The molecule has 9 heteroatoms. The highest BCUT2D eigenvalue weighted by Crippen LogP contribution is 2.46. The Morgan fingerprint density at radius 3 is 2.62 bits per heavy atom. The smallest absolute Gasteiger partial charge is 0.301 e. The molecule has 2 N–H and O–H groups in total. The first-order valence-electron chi connectivity index (χ1n) is 9.59. The monoisotopic (exact) mass is 514 g/mol. The van der Waals surface area contributed by atoms with Crippen molar-refractivity contribution in [2.24, 2.45) is 0 Å². The Balaban J connectivity index is 2.02. The van der Waals surface area contributed by atoms with Gasteiger partial charge in [-0.15, -0.1) is 11.3 Å². The zero-order valence-electron chi connectivity index (χ0n) is 17.4. The van der Waals surface area contributed by atoms with Crippen molar-refractivity contribution >= 4 is 49.8 Å². The molecule has 164 valence electrons. The van der Waals surface area contributed by atoms with E-state index < -0.39 is 17.7 Å². The van der Waals surface area contributed by atoms with Crippen molar-refractivity contribution in [1.29, 1.82) is 0 Å². The summed E-state index contributed by atoms with van der Waals surface area (Å²) in [6.45, 7) is 3.70. The lowest BCUT2D eigenvalue weighted by atomic mass is 9.93. The topological polar surface area (TPSA) is 100.0 Å². The number of phenolic OH excluding ortho intramolecular Hbond substituents is 1. The Labute approximate surface area is 196 Å². The normalized spacial score (nSPS) is 17.8. The van der Waals surface area contributed by atoms with Crippen LogP contribution in [0.25, 0.3) is 5.76 Å². The lowest BCUT2D eigenvalue weighted by Crippen LogP contribution is -2.29. The molecule has 1 aromatic heterocycles.